The Morgan fingerprint density at radius 3 is 2.20 bits per heavy atom. The molecule has 2 unspecified atom stereocenters. The number of esters is 1. The van der Waals surface area contributed by atoms with E-state index in [-0.39, 0.29) is 50.0 Å². The van der Waals surface area contributed by atoms with E-state index in [0.717, 1.165) is 28.3 Å². The summed E-state index contributed by atoms with van der Waals surface area (Å²) in [7, 11) is 0. The quantitative estimate of drug-likeness (QED) is 0.0551. The van der Waals surface area contributed by atoms with Crippen molar-refractivity contribution in [3.8, 4) is 0 Å². The molecule has 0 fully saturated rings. The van der Waals surface area contributed by atoms with Crippen LogP contribution in [0.15, 0.2) is 91.3 Å². The van der Waals surface area contributed by atoms with Gasteiger partial charge in [0.1, 0.15) is 18.7 Å². The molecule has 300 valence electrons. The lowest BCUT2D eigenvalue weighted by molar-refractivity contribution is -0.130. The molecule has 1 heterocycles. The van der Waals surface area contributed by atoms with Gasteiger partial charge in [-0.1, -0.05) is 94.3 Å². The molecule has 0 radical (unpaired) electrons. The summed E-state index contributed by atoms with van der Waals surface area (Å²) < 4.78 is 5.66. The molecule has 0 saturated carbocycles. The molecule has 3 aromatic carbocycles. The van der Waals surface area contributed by atoms with Crippen molar-refractivity contribution in [2.24, 2.45) is 11.8 Å². The Kier molecular flexibility index (Phi) is 17.3. The summed E-state index contributed by atoms with van der Waals surface area (Å²) >= 11 is 0. The van der Waals surface area contributed by atoms with Gasteiger partial charge in [-0.15, -0.1) is 0 Å². The van der Waals surface area contributed by atoms with E-state index in [1.54, 1.807) is 37.5 Å². The fourth-order valence-corrected chi connectivity index (χ4v) is 6.56. The zero-order valence-electron chi connectivity index (χ0n) is 32.9. The molecule has 1 aromatic heterocycles. The molecule has 5 atom stereocenters. The molecule has 0 aliphatic heterocycles. The van der Waals surface area contributed by atoms with Gasteiger partial charge in [0.2, 0.25) is 17.7 Å². The smallest absolute Gasteiger partial charge is 0.340 e. The lowest BCUT2D eigenvalue weighted by atomic mass is 9.89. The van der Waals surface area contributed by atoms with Crippen LogP contribution in [0.25, 0.3) is 10.8 Å². The van der Waals surface area contributed by atoms with Crippen molar-refractivity contribution in [2.75, 3.05) is 11.9 Å². The number of pyridine rings is 1. The Bertz CT molecular complexity index is 1860. The van der Waals surface area contributed by atoms with Crippen LogP contribution in [-0.2, 0) is 32.3 Å². The second-order valence-corrected chi connectivity index (χ2v) is 14.7. The number of aliphatic hydroxyl groups excluding tert-OH is 2. The number of aromatic nitrogens is 1. The Morgan fingerprint density at radius 1 is 0.786 bits per heavy atom. The van der Waals surface area contributed by atoms with Crippen LogP contribution in [0.2, 0.25) is 0 Å². The number of unbranched alkanes of at least 4 members (excludes halogenated alkanes) is 1. The standard InChI is InChI=1S/C44H57N5O7/c1-5-6-16-37(43(54)49-38(25-29(2)3)39(51)26-34(21-24-50)42(53)46-27-31-19-22-45-23-20-31)48-41(52)30(4)47-40-35-15-11-10-14-33(35)17-18-36(40)44(55)56-28-32-12-8-7-9-13-32/h7-15,17-20,22-23,29-30,34,37-39,47,50-51H,5-6,16,21,24-28H2,1-4H3,(H,46,53)(H,48,52)(H,49,54)/t30?,34?,37-,38-,39-/m0/s1. The van der Waals surface area contributed by atoms with E-state index < -0.39 is 47.9 Å². The average Bonchev–Trinajstić information content (AvgIpc) is 3.20. The third-order valence-corrected chi connectivity index (χ3v) is 9.70. The van der Waals surface area contributed by atoms with Crippen molar-refractivity contribution < 1.29 is 34.1 Å². The van der Waals surface area contributed by atoms with Gasteiger partial charge in [-0.05, 0) is 73.2 Å². The summed E-state index contributed by atoms with van der Waals surface area (Å²) in [5.41, 5.74) is 2.43. The second kappa shape index (κ2) is 22.3. The maximum atomic E-state index is 13.9. The lowest BCUT2D eigenvalue weighted by Gasteiger charge is -2.30. The maximum absolute atomic E-state index is 13.9. The van der Waals surface area contributed by atoms with E-state index in [0.29, 0.717) is 24.9 Å². The Labute approximate surface area is 329 Å². The molecule has 0 aliphatic carbocycles. The number of nitrogens with one attached hydrogen (secondary N) is 4. The van der Waals surface area contributed by atoms with E-state index in [2.05, 4.69) is 26.3 Å². The lowest BCUT2D eigenvalue weighted by Crippen LogP contribution is -2.55. The van der Waals surface area contributed by atoms with Gasteiger partial charge in [0.25, 0.3) is 0 Å². The first-order valence-electron chi connectivity index (χ1n) is 19.6. The zero-order valence-corrected chi connectivity index (χ0v) is 32.9. The number of hydrogen-bond acceptors (Lipinski definition) is 9. The molecule has 56 heavy (non-hydrogen) atoms. The van der Waals surface area contributed by atoms with Gasteiger partial charge >= 0.3 is 5.97 Å². The summed E-state index contributed by atoms with van der Waals surface area (Å²) in [6.07, 6.45) is 4.57. The van der Waals surface area contributed by atoms with Crippen molar-refractivity contribution in [1.82, 2.24) is 20.9 Å². The largest absolute Gasteiger partial charge is 0.457 e. The fourth-order valence-electron chi connectivity index (χ4n) is 6.56. The van der Waals surface area contributed by atoms with E-state index in [9.17, 15) is 29.4 Å². The second-order valence-electron chi connectivity index (χ2n) is 14.7. The van der Waals surface area contributed by atoms with Crippen molar-refractivity contribution in [2.45, 2.75) is 104 Å². The summed E-state index contributed by atoms with van der Waals surface area (Å²) in [6.45, 7) is 7.72. The topological polar surface area (TPSA) is 179 Å². The predicted octanol–water partition coefficient (Wildman–Crippen LogP) is 5.66. The van der Waals surface area contributed by atoms with Crippen LogP contribution in [-0.4, -0.2) is 69.7 Å². The SMILES string of the molecule is CCCC[C@H](NC(=O)C(C)Nc1c(C(=O)OCc2ccccc2)ccc2ccccc12)C(=O)N[C@@H](CC(C)C)[C@@H](O)CC(CCO)C(=O)NCc1ccncc1. The van der Waals surface area contributed by atoms with Gasteiger partial charge in [0.05, 0.1) is 23.4 Å². The normalized spacial score (nSPS) is 13.9. The van der Waals surface area contributed by atoms with Crippen LogP contribution in [0.1, 0.15) is 87.7 Å². The van der Waals surface area contributed by atoms with Crippen molar-refractivity contribution in [3.63, 3.8) is 0 Å². The van der Waals surface area contributed by atoms with Crippen LogP contribution in [0.5, 0.6) is 0 Å². The molecule has 6 N–H and O–H groups in total. The number of hydrogen-bond donors (Lipinski definition) is 6. The van der Waals surface area contributed by atoms with Crippen LogP contribution < -0.4 is 21.3 Å². The molecule has 12 nitrogen and oxygen atoms in total. The third-order valence-electron chi connectivity index (χ3n) is 9.70. The highest BCUT2D eigenvalue weighted by molar-refractivity contribution is 6.07. The molecule has 0 saturated heterocycles. The van der Waals surface area contributed by atoms with Crippen molar-refractivity contribution in [3.05, 3.63) is 108 Å². The molecular weight excluding hydrogens is 711 g/mol. The number of benzene rings is 3. The van der Waals surface area contributed by atoms with Gasteiger partial charge in [-0.25, -0.2) is 4.79 Å². The van der Waals surface area contributed by atoms with Gasteiger partial charge in [-0.3, -0.25) is 19.4 Å². The van der Waals surface area contributed by atoms with Gasteiger partial charge in [-0.2, -0.15) is 0 Å². The molecule has 0 bridgehead atoms. The average molecular weight is 768 g/mol. The summed E-state index contributed by atoms with van der Waals surface area (Å²) in [6, 6.07) is 21.5. The Balaban J connectivity index is 1.46. The van der Waals surface area contributed by atoms with Crippen LogP contribution in [0, 0.1) is 11.8 Å². The molecule has 4 aromatic rings. The minimum absolute atomic E-state index is 0.0223. The number of rotatable bonds is 22. The summed E-state index contributed by atoms with van der Waals surface area (Å²) in [5, 5.41) is 34.8. The van der Waals surface area contributed by atoms with E-state index in [1.165, 1.54) is 0 Å². The highest BCUT2D eigenvalue weighted by Gasteiger charge is 2.31. The highest BCUT2D eigenvalue weighted by Crippen LogP contribution is 2.29. The highest BCUT2D eigenvalue weighted by atomic mass is 16.5. The number of amides is 3. The number of nitrogens with zero attached hydrogens (tertiary/aromatic N) is 1. The van der Waals surface area contributed by atoms with Gasteiger partial charge in [0.15, 0.2) is 0 Å². The van der Waals surface area contributed by atoms with Crippen LogP contribution >= 0.6 is 0 Å². The number of carbonyl (C=O) groups excluding carboxylic acids is 4. The molecule has 4 rings (SSSR count). The fraction of sp³-hybridized carbons (Fsp3) is 0.432. The van der Waals surface area contributed by atoms with Gasteiger partial charge < -0.3 is 36.2 Å². The van der Waals surface area contributed by atoms with E-state index in [4.69, 9.17) is 4.74 Å². The van der Waals surface area contributed by atoms with Crippen LogP contribution in [0.3, 0.4) is 0 Å². The van der Waals surface area contributed by atoms with Crippen molar-refractivity contribution >= 4 is 40.2 Å². The third kappa shape index (κ3) is 13.2. The minimum atomic E-state index is -1.10. The molecule has 0 spiro atoms. The van der Waals surface area contributed by atoms with Gasteiger partial charge in [0, 0.05) is 36.8 Å². The zero-order chi connectivity index (χ0) is 40.5. The minimum Gasteiger partial charge on any atom is -0.457 e. The Morgan fingerprint density at radius 2 is 1.50 bits per heavy atom. The number of ether oxygens (including phenoxy) is 1. The number of fused-ring (bicyclic) bond motifs is 1. The number of carbonyl (C=O) groups is 4. The first-order valence-corrected chi connectivity index (χ1v) is 19.6. The molecule has 0 aliphatic rings. The summed E-state index contributed by atoms with van der Waals surface area (Å²) in [5.74, 6) is -2.35. The van der Waals surface area contributed by atoms with Crippen LogP contribution in [0.4, 0.5) is 5.69 Å². The predicted molar refractivity (Wildman–Crippen MR) is 217 cm³/mol. The molecule has 12 heteroatoms. The first kappa shape index (κ1) is 43.4. The van der Waals surface area contributed by atoms with Crippen molar-refractivity contribution in [1.29, 1.82) is 0 Å². The van der Waals surface area contributed by atoms with E-state index in [1.807, 2.05) is 81.4 Å². The van der Waals surface area contributed by atoms with E-state index >= 15 is 0 Å². The number of anilines is 1. The number of aliphatic hydroxyl groups is 2. The maximum Gasteiger partial charge on any atom is 0.340 e. The Hall–Kier alpha value is -5.33. The molecular formula is C44H57N5O7. The summed E-state index contributed by atoms with van der Waals surface area (Å²) in [4.78, 5) is 58.3. The first-order chi connectivity index (χ1) is 27.0. The molecule has 3 amide bonds. The monoisotopic (exact) mass is 767 g/mol.